The summed E-state index contributed by atoms with van der Waals surface area (Å²) in [5.74, 6) is 0.681. The minimum absolute atomic E-state index is 0.213. The van der Waals surface area contributed by atoms with E-state index in [0.29, 0.717) is 0 Å². The predicted octanol–water partition coefficient (Wildman–Crippen LogP) is 3.51. The zero-order valence-corrected chi connectivity index (χ0v) is 15.9. The van der Waals surface area contributed by atoms with Crippen LogP contribution in [0.15, 0.2) is 35.7 Å². The van der Waals surface area contributed by atoms with Crippen LogP contribution in [0.3, 0.4) is 0 Å². The lowest BCUT2D eigenvalue weighted by Crippen LogP contribution is -2.51. The van der Waals surface area contributed by atoms with Crippen LogP contribution in [-0.2, 0) is 9.53 Å². The number of piperidine rings is 1. The molecular weight excluding hydrogens is 340 g/mol. The van der Waals surface area contributed by atoms with Gasteiger partial charge in [0.05, 0.1) is 13.3 Å². The molecule has 0 bridgehead atoms. The molecule has 0 aromatic carbocycles. The number of likely N-dealkylation sites (tertiary alicyclic amines) is 1. The first-order valence-electron chi connectivity index (χ1n) is 10.1. The number of pyridine rings is 1. The summed E-state index contributed by atoms with van der Waals surface area (Å²) in [4.78, 5) is 19.2. The van der Waals surface area contributed by atoms with Crippen LogP contribution in [0, 0.1) is 0 Å². The molecule has 27 heavy (non-hydrogen) atoms. The van der Waals surface area contributed by atoms with Crippen molar-refractivity contribution in [3.05, 3.63) is 41.2 Å². The first-order chi connectivity index (χ1) is 13.2. The van der Waals surface area contributed by atoms with E-state index < -0.39 is 0 Å². The Labute approximate surface area is 160 Å². The van der Waals surface area contributed by atoms with Gasteiger partial charge in [0, 0.05) is 49.3 Å². The van der Waals surface area contributed by atoms with Gasteiger partial charge in [0.25, 0.3) is 0 Å². The van der Waals surface area contributed by atoms with E-state index in [-0.39, 0.29) is 11.6 Å². The molecule has 1 saturated carbocycles. The van der Waals surface area contributed by atoms with Crippen LogP contribution in [0.5, 0.6) is 5.75 Å². The molecule has 2 fully saturated rings. The van der Waals surface area contributed by atoms with Crippen LogP contribution < -0.4 is 4.74 Å². The van der Waals surface area contributed by atoms with Crippen molar-refractivity contribution in [1.29, 1.82) is 0 Å². The number of fused-ring (bicyclic) bond motifs is 3. The molecule has 5 nitrogen and oxygen atoms in total. The van der Waals surface area contributed by atoms with E-state index in [1.165, 1.54) is 31.1 Å². The highest BCUT2D eigenvalue weighted by atomic mass is 16.5. The van der Waals surface area contributed by atoms with Crippen LogP contribution >= 0.6 is 0 Å². The minimum Gasteiger partial charge on any atom is -0.480 e. The van der Waals surface area contributed by atoms with Gasteiger partial charge in [-0.3, -0.25) is 4.98 Å². The van der Waals surface area contributed by atoms with Gasteiger partial charge in [0.2, 0.25) is 0 Å². The van der Waals surface area contributed by atoms with Crippen LogP contribution in [0.4, 0.5) is 0 Å². The van der Waals surface area contributed by atoms with Gasteiger partial charge >= 0.3 is 5.97 Å². The van der Waals surface area contributed by atoms with Gasteiger partial charge in [-0.1, -0.05) is 0 Å². The molecular formula is C22H26N2O3. The van der Waals surface area contributed by atoms with Crippen molar-refractivity contribution in [2.24, 2.45) is 0 Å². The van der Waals surface area contributed by atoms with Gasteiger partial charge in [-0.2, -0.15) is 0 Å². The second kappa shape index (κ2) is 6.48. The number of rotatable bonds is 2. The Morgan fingerprint density at radius 1 is 1.30 bits per heavy atom. The number of esters is 1. The van der Waals surface area contributed by atoms with E-state index in [1.54, 1.807) is 0 Å². The van der Waals surface area contributed by atoms with Crippen molar-refractivity contribution < 1.29 is 14.3 Å². The molecule has 1 aromatic heterocycles. The zero-order valence-electron chi connectivity index (χ0n) is 15.9. The Bertz CT molecular complexity index is 830. The molecule has 4 aliphatic rings. The zero-order chi connectivity index (χ0) is 18.4. The normalized spacial score (nSPS) is 24.4. The summed E-state index contributed by atoms with van der Waals surface area (Å²) in [6, 6.07) is 2.83. The van der Waals surface area contributed by atoms with Crippen LogP contribution in [0.25, 0.3) is 5.57 Å². The summed E-state index contributed by atoms with van der Waals surface area (Å²) in [7, 11) is 1.46. The Balaban J connectivity index is 1.59. The second-order valence-electron chi connectivity index (χ2n) is 8.14. The molecule has 142 valence electrons. The fourth-order valence-corrected chi connectivity index (χ4v) is 4.94. The quantitative estimate of drug-likeness (QED) is 0.750. The molecule has 5 rings (SSSR count). The summed E-state index contributed by atoms with van der Waals surface area (Å²) < 4.78 is 11.7. The molecule has 2 aliphatic carbocycles. The molecule has 1 saturated heterocycles. The Kier molecular flexibility index (Phi) is 4.08. The van der Waals surface area contributed by atoms with Crippen LogP contribution in [0.1, 0.15) is 50.5 Å². The molecule has 0 radical (unpaired) electrons. The molecule has 0 atom stereocenters. The lowest BCUT2D eigenvalue weighted by molar-refractivity contribution is -0.136. The summed E-state index contributed by atoms with van der Waals surface area (Å²) in [6.45, 7) is 2.11. The fourth-order valence-electron chi connectivity index (χ4n) is 4.94. The van der Waals surface area contributed by atoms with Gasteiger partial charge in [-0.25, -0.2) is 4.79 Å². The van der Waals surface area contributed by atoms with Crippen molar-refractivity contribution in [2.75, 3.05) is 20.2 Å². The topological polar surface area (TPSA) is 51.7 Å². The van der Waals surface area contributed by atoms with Crippen molar-refractivity contribution >= 4 is 11.5 Å². The lowest BCUT2D eigenvalue weighted by Gasteiger charge is -2.46. The number of aromatic nitrogens is 1. The highest BCUT2D eigenvalue weighted by Gasteiger charge is 2.46. The maximum Gasteiger partial charge on any atom is 0.333 e. The molecule has 1 spiro atoms. The highest BCUT2D eigenvalue weighted by molar-refractivity contribution is 5.91. The number of carbonyl (C=O) groups is 1. The van der Waals surface area contributed by atoms with Crippen LogP contribution in [0.2, 0.25) is 0 Å². The number of carbonyl (C=O) groups excluding carboxylic acids is 1. The van der Waals surface area contributed by atoms with Crippen molar-refractivity contribution in [2.45, 2.75) is 56.6 Å². The lowest BCUT2D eigenvalue weighted by atomic mass is 9.77. The average molecular weight is 366 g/mol. The third-order valence-corrected chi connectivity index (χ3v) is 6.54. The van der Waals surface area contributed by atoms with E-state index in [9.17, 15) is 4.79 Å². The van der Waals surface area contributed by atoms with E-state index in [2.05, 4.69) is 16.0 Å². The molecule has 0 amide bonds. The molecule has 0 unspecified atom stereocenters. The standard InChI is InChI=1S/C22H26N2O3/c1-26-21(25)15-3-2-4-17-18-7-10-23-14-20(18)27-22(19(17)13-15)8-11-24(12-9-22)16-5-6-16/h7,10,13-14,16H,2-6,8-9,11-12H2,1H3. The van der Waals surface area contributed by atoms with E-state index in [1.807, 2.05) is 18.5 Å². The van der Waals surface area contributed by atoms with E-state index >= 15 is 0 Å². The van der Waals surface area contributed by atoms with Gasteiger partial charge in [-0.15, -0.1) is 0 Å². The number of hydrogen-bond acceptors (Lipinski definition) is 5. The van der Waals surface area contributed by atoms with E-state index in [0.717, 1.165) is 68.1 Å². The number of methoxy groups -OCH3 is 1. The third kappa shape index (κ3) is 2.89. The minimum atomic E-state index is -0.347. The summed E-state index contributed by atoms with van der Waals surface area (Å²) >= 11 is 0. The number of hydrogen-bond donors (Lipinski definition) is 0. The molecule has 1 aromatic rings. The average Bonchev–Trinajstić information content (AvgIpc) is 3.55. The maximum absolute atomic E-state index is 12.3. The Morgan fingerprint density at radius 2 is 2.11 bits per heavy atom. The smallest absolute Gasteiger partial charge is 0.333 e. The third-order valence-electron chi connectivity index (χ3n) is 6.54. The van der Waals surface area contributed by atoms with Gasteiger partial charge in [0.15, 0.2) is 0 Å². The van der Waals surface area contributed by atoms with Crippen LogP contribution in [-0.4, -0.2) is 47.7 Å². The van der Waals surface area contributed by atoms with Gasteiger partial charge in [0.1, 0.15) is 11.4 Å². The highest BCUT2D eigenvalue weighted by Crippen LogP contribution is 2.49. The summed E-state index contributed by atoms with van der Waals surface area (Å²) in [6.07, 6.45) is 13.0. The molecule has 3 heterocycles. The summed E-state index contributed by atoms with van der Waals surface area (Å²) in [5.41, 5.74) is 4.09. The number of ether oxygens (including phenoxy) is 2. The van der Waals surface area contributed by atoms with Crippen molar-refractivity contribution in [3.63, 3.8) is 0 Å². The second-order valence-corrected chi connectivity index (χ2v) is 8.14. The fraction of sp³-hybridized carbons (Fsp3) is 0.545. The van der Waals surface area contributed by atoms with Gasteiger partial charge < -0.3 is 14.4 Å². The van der Waals surface area contributed by atoms with Crippen molar-refractivity contribution in [1.82, 2.24) is 9.88 Å². The largest absolute Gasteiger partial charge is 0.480 e. The predicted molar refractivity (Wildman–Crippen MR) is 102 cm³/mol. The van der Waals surface area contributed by atoms with Gasteiger partial charge in [-0.05, 0) is 55.4 Å². The SMILES string of the molecule is COC(=O)C1=CC2=C(CCC1)c1ccncc1OC21CCN(C2CC2)CC1. The summed E-state index contributed by atoms with van der Waals surface area (Å²) in [5, 5.41) is 0. The van der Waals surface area contributed by atoms with E-state index in [4.69, 9.17) is 9.47 Å². The molecule has 5 heteroatoms. The Morgan fingerprint density at radius 3 is 2.85 bits per heavy atom. The number of allylic oxidation sites excluding steroid dienone is 1. The first-order valence-corrected chi connectivity index (χ1v) is 10.1. The van der Waals surface area contributed by atoms with Crippen molar-refractivity contribution in [3.8, 4) is 5.75 Å². The molecule has 0 N–H and O–H groups in total. The molecule has 2 aliphatic heterocycles. The maximum atomic E-state index is 12.3. The number of nitrogens with zero attached hydrogens (tertiary/aromatic N) is 2. The first kappa shape index (κ1) is 17.0. The monoisotopic (exact) mass is 366 g/mol. The Hall–Kier alpha value is -2.14.